The summed E-state index contributed by atoms with van der Waals surface area (Å²) >= 11 is 1.61. The summed E-state index contributed by atoms with van der Waals surface area (Å²) in [5.74, 6) is 1.29. The van der Waals surface area contributed by atoms with Crippen molar-refractivity contribution in [3.63, 3.8) is 0 Å². The van der Waals surface area contributed by atoms with Crippen molar-refractivity contribution in [1.82, 2.24) is 25.1 Å². The summed E-state index contributed by atoms with van der Waals surface area (Å²) in [6.07, 6.45) is 3.60. The number of hydrogen-bond donors (Lipinski definition) is 3. The van der Waals surface area contributed by atoms with Gasteiger partial charge in [-0.05, 0) is 53.9 Å². The zero-order valence-corrected chi connectivity index (χ0v) is 16.4. The van der Waals surface area contributed by atoms with Crippen molar-refractivity contribution in [2.45, 2.75) is 0 Å². The van der Waals surface area contributed by atoms with E-state index in [9.17, 15) is 0 Å². The van der Waals surface area contributed by atoms with Crippen LogP contribution in [0.15, 0.2) is 72.4 Å². The van der Waals surface area contributed by atoms with E-state index in [1.165, 1.54) is 0 Å². The van der Waals surface area contributed by atoms with Crippen molar-refractivity contribution in [1.29, 1.82) is 0 Å². The van der Waals surface area contributed by atoms with Gasteiger partial charge in [0.15, 0.2) is 5.82 Å². The molecule has 0 aliphatic rings. The molecular weight excluding hydrogens is 394 g/mol. The van der Waals surface area contributed by atoms with E-state index >= 15 is 0 Å². The van der Waals surface area contributed by atoms with Crippen LogP contribution in [0.2, 0.25) is 0 Å². The molecule has 0 aliphatic carbocycles. The Morgan fingerprint density at radius 3 is 2.90 bits per heavy atom. The number of anilines is 4. The first-order valence-electron chi connectivity index (χ1n) is 9.40. The Morgan fingerprint density at radius 2 is 1.90 bits per heavy atom. The van der Waals surface area contributed by atoms with Crippen LogP contribution in [-0.2, 0) is 0 Å². The number of nitrogens with zero attached hydrogens (tertiary/aromatic N) is 4. The summed E-state index contributed by atoms with van der Waals surface area (Å²) in [6, 6.07) is 18.0. The topological polar surface area (TPSA) is 91.4 Å². The highest BCUT2D eigenvalue weighted by Gasteiger charge is 2.11. The van der Waals surface area contributed by atoms with Gasteiger partial charge >= 0.3 is 0 Å². The molecule has 0 spiro atoms. The molecule has 4 heterocycles. The molecule has 0 fully saturated rings. The third-order valence-electron chi connectivity index (χ3n) is 4.90. The van der Waals surface area contributed by atoms with Gasteiger partial charge in [-0.1, -0.05) is 6.07 Å². The zero-order chi connectivity index (χ0) is 19.9. The molecule has 8 heteroatoms. The lowest BCUT2D eigenvalue weighted by Crippen LogP contribution is -2.01. The quantitative estimate of drug-likeness (QED) is 0.351. The average Bonchev–Trinajstić information content (AvgIpc) is 3.43. The standard InChI is InChI=1S/C22H15N7S/c1-4-17-15(3-2-9-23-17)18(5-1)26-22-27-19-8-10-30-20(19)21(28-22)25-14-6-7-16-13(11-14)12-24-29-16/h1-12H,(H,24,29)(H2,25,26,27,28). The molecule has 0 bridgehead atoms. The van der Waals surface area contributed by atoms with E-state index in [0.29, 0.717) is 5.95 Å². The summed E-state index contributed by atoms with van der Waals surface area (Å²) in [5, 5.41) is 18.0. The molecule has 0 saturated carbocycles. The molecular formula is C22H15N7S. The van der Waals surface area contributed by atoms with Crippen molar-refractivity contribution in [3.05, 3.63) is 72.4 Å². The molecule has 0 amide bonds. The number of aromatic amines is 1. The van der Waals surface area contributed by atoms with E-state index in [1.54, 1.807) is 17.5 Å². The van der Waals surface area contributed by atoms with Gasteiger partial charge in [-0.25, -0.2) is 4.98 Å². The Bertz CT molecular complexity index is 1510. The number of rotatable bonds is 4. The van der Waals surface area contributed by atoms with E-state index in [-0.39, 0.29) is 0 Å². The maximum absolute atomic E-state index is 4.77. The second kappa shape index (κ2) is 6.78. The molecule has 6 aromatic rings. The predicted molar refractivity (Wildman–Crippen MR) is 122 cm³/mol. The Morgan fingerprint density at radius 1 is 0.900 bits per heavy atom. The molecule has 0 saturated heterocycles. The smallest absolute Gasteiger partial charge is 0.229 e. The lowest BCUT2D eigenvalue weighted by atomic mass is 10.2. The minimum atomic E-state index is 0.532. The second-order valence-corrected chi connectivity index (χ2v) is 7.74. The molecule has 6 rings (SSSR count). The van der Waals surface area contributed by atoms with Crippen LogP contribution in [0.5, 0.6) is 0 Å². The maximum atomic E-state index is 4.77. The van der Waals surface area contributed by atoms with E-state index < -0.39 is 0 Å². The van der Waals surface area contributed by atoms with Crippen molar-refractivity contribution in [2.24, 2.45) is 0 Å². The number of aromatic nitrogens is 5. The molecule has 7 nitrogen and oxygen atoms in total. The summed E-state index contributed by atoms with van der Waals surface area (Å²) in [4.78, 5) is 13.9. The van der Waals surface area contributed by atoms with Gasteiger partial charge in [0, 0.05) is 22.7 Å². The van der Waals surface area contributed by atoms with Crippen molar-refractivity contribution >= 4 is 66.5 Å². The molecule has 2 aromatic carbocycles. The fourth-order valence-corrected chi connectivity index (χ4v) is 4.27. The van der Waals surface area contributed by atoms with Crippen LogP contribution in [0.3, 0.4) is 0 Å². The molecule has 0 unspecified atom stereocenters. The second-order valence-electron chi connectivity index (χ2n) is 6.83. The van der Waals surface area contributed by atoms with Gasteiger partial charge < -0.3 is 10.6 Å². The molecule has 0 radical (unpaired) electrons. The van der Waals surface area contributed by atoms with Crippen molar-refractivity contribution in [2.75, 3.05) is 10.6 Å². The summed E-state index contributed by atoms with van der Waals surface area (Å²) in [6.45, 7) is 0. The fourth-order valence-electron chi connectivity index (χ4n) is 3.49. The van der Waals surface area contributed by atoms with Gasteiger partial charge in [0.25, 0.3) is 0 Å². The number of H-pyrrole nitrogens is 1. The maximum Gasteiger partial charge on any atom is 0.229 e. The number of thiophene rings is 1. The molecule has 30 heavy (non-hydrogen) atoms. The Hall–Kier alpha value is -4.04. The van der Waals surface area contributed by atoms with Crippen LogP contribution < -0.4 is 10.6 Å². The Kier molecular flexibility index (Phi) is 3.82. The molecule has 0 aliphatic heterocycles. The van der Waals surface area contributed by atoms with E-state index in [4.69, 9.17) is 9.97 Å². The summed E-state index contributed by atoms with van der Waals surface area (Å²) in [5.41, 5.74) is 4.67. The third-order valence-corrected chi connectivity index (χ3v) is 5.81. The predicted octanol–water partition coefficient (Wildman–Crippen LogP) is 5.60. The summed E-state index contributed by atoms with van der Waals surface area (Å²) in [7, 11) is 0. The minimum Gasteiger partial charge on any atom is -0.339 e. The molecule has 0 atom stereocenters. The van der Waals surface area contributed by atoms with Crippen LogP contribution >= 0.6 is 11.3 Å². The van der Waals surface area contributed by atoms with Gasteiger partial charge in [0.1, 0.15) is 0 Å². The van der Waals surface area contributed by atoms with E-state index in [2.05, 4.69) is 25.8 Å². The van der Waals surface area contributed by atoms with E-state index in [0.717, 1.165) is 49.2 Å². The SMILES string of the molecule is c1cc(Nc2nc(Nc3ccc4[nH]ncc4c3)c3sccc3n2)c2cccnc2c1. The van der Waals surface area contributed by atoms with Crippen molar-refractivity contribution < 1.29 is 0 Å². The molecule has 144 valence electrons. The first-order chi connectivity index (χ1) is 14.8. The zero-order valence-electron chi connectivity index (χ0n) is 15.6. The third kappa shape index (κ3) is 2.90. The lowest BCUT2D eigenvalue weighted by Gasteiger charge is -2.11. The number of pyridine rings is 1. The van der Waals surface area contributed by atoms with Gasteiger partial charge in [-0.3, -0.25) is 10.1 Å². The molecule has 4 aromatic heterocycles. The minimum absolute atomic E-state index is 0.532. The van der Waals surface area contributed by atoms with Gasteiger partial charge in [0.2, 0.25) is 5.95 Å². The summed E-state index contributed by atoms with van der Waals surface area (Å²) < 4.78 is 1.01. The largest absolute Gasteiger partial charge is 0.339 e. The van der Waals surface area contributed by atoms with Crippen LogP contribution in [0.1, 0.15) is 0 Å². The highest BCUT2D eigenvalue weighted by molar-refractivity contribution is 7.17. The lowest BCUT2D eigenvalue weighted by molar-refractivity contribution is 1.12. The van der Waals surface area contributed by atoms with Gasteiger partial charge in [-0.15, -0.1) is 11.3 Å². The van der Waals surface area contributed by atoms with Crippen LogP contribution in [0.4, 0.5) is 23.1 Å². The number of fused-ring (bicyclic) bond motifs is 3. The van der Waals surface area contributed by atoms with Crippen molar-refractivity contribution in [3.8, 4) is 0 Å². The average molecular weight is 409 g/mol. The van der Waals surface area contributed by atoms with E-state index in [1.807, 2.05) is 66.2 Å². The van der Waals surface area contributed by atoms with Crippen LogP contribution in [-0.4, -0.2) is 25.1 Å². The monoisotopic (exact) mass is 409 g/mol. The Labute approximate surface area is 174 Å². The van der Waals surface area contributed by atoms with Crippen LogP contribution in [0, 0.1) is 0 Å². The highest BCUT2D eigenvalue weighted by Crippen LogP contribution is 2.32. The van der Waals surface area contributed by atoms with Crippen LogP contribution in [0.25, 0.3) is 32.0 Å². The fraction of sp³-hybridized carbons (Fsp3) is 0. The first-order valence-corrected chi connectivity index (χ1v) is 10.3. The molecule has 3 N–H and O–H groups in total. The number of benzene rings is 2. The highest BCUT2D eigenvalue weighted by atomic mass is 32.1. The number of nitrogens with one attached hydrogen (secondary N) is 3. The van der Waals surface area contributed by atoms with Gasteiger partial charge in [0.05, 0.1) is 33.1 Å². The Balaban J connectivity index is 1.41. The number of hydrogen-bond acceptors (Lipinski definition) is 7. The van der Waals surface area contributed by atoms with Gasteiger partial charge in [-0.2, -0.15) is 10.1 Å². The normalized spacial score (nSPS) is 11.3. The first kappa shape index (κ1) is 16.9.